The molecule has 3 aromatic heterocycles. The Bertz CT molecular complexity index is 1500. The number of hydrogen-bond acceptors (Lipinski definition) is 3. The summed E-state index contributed by atoms with van der Waals surface area (Å²) in [6, 6.07) is 15.9. The maximum Gasteiger partial charge on any atom is 0.416 e. The van der Waals surface area contributed by atoms with E-state index in [1.807, 2.05) is 29.5 Å². The van der Waals surface area contributed by atoms with Crippen molar-refractivity contribution in [2.45, 2.75) is 19.5 Å². The normalized spacial score (nSPS) is 11.9. The van der Waals surface area contributed by atoms with Crippen molar-refractivity contribution >= 4 is 28.5 Å². The van der Waals surface area contributed by atoms with E-state index < -0.39 is 17.6 Å². The van der Waals surface area contributed by atoms with Crippen LogP contribution in [0.2, 0.25) is 0 Å². The highest BCUT2D eigenvalue weighted by Gasteiger charge is 2.30. The van der Waals surface area contributed by atoms with Crippen molar-refractivity contribution < 1.29 is 18.0 Å². The summed E-state index contributed by atoms with van der Waals surface area (Å²) >= 11 is 0. The third-order valence-electron chi connectivity index (χ3n) is 5.41. The van der Waals surface area contributed by atoms with E-state index in [-0.39, 0.29) is 11.6 Å². The van der Waals surface area contributed by atoms with Gasteiger partial charge in [0.05, 0.1) is 16.6 Å². The number of fused-ring (bicyclic) bond motifs is 2. The van der Waals surface area contributed by atoms with Gasteiger partial charge in [0.1, 0.15) is 11.3 Å². The fourth-order valence-corrected chi connectivity index (χ4v) is 3.76. The van der Waals surface area contributed by atoms with Gasteiger partial charge in [0.25, 0.3) is 5.91 Å². The molecule has 0 aliphatic rings. The van der Waals surface area contributed by atoms with Gasteiger partial charge in [-0.25, -0.2) is 9.97 Å². The average Bonchev–Trinajstić information content (AvgIpc) is 3.41. The van der Waals surface area contributed by atoms with Crippen molar-refractivity contribution in [3.8, 4) is 11.1 Å². The molecule has 166 valence electrons. The van der Waals surface area contributed by atoms with E-state index in [1.54, 1.807) is 30.5 Å². The lowest BCUT2D eigenvalue weighted by molar-refractivity contribution is -0.137. The number of H-pyrrole nitrogens is 1. The topological polar surface area (TPSA) is 75.1 Å². The highest BCUT2D eigenvalue weighted by Crippen LogP contribution is 2.33. The lowest BCUT2D eigenvalue weighted by Gasteiger charge is -2.08. The van der Waals surface area contributed by atoms with Crippen LogP contribution in [-0.2, 0) is 12.6 Å². The average molecular weight is 449 g/mol. The molecular formula is C24H18F3N5O. The molecule has 2 aromatic carbocycles. The lowest BCUT2D eigenvalue weighted by atomic mass is 10.0. The molecule has 1 amide bonds. The van der Waals surface area contributed by atoms with Crippen LogP contribution in [0.4, 0.5) is 19.1 Å². The minimum atomic E-state index is -4.42. The first-order valence-electron chi connectivity index (χ1n) is 10.3. The van der Waals surface area contributed by atoms with Crippen molar-refractivity contribution in [2.24, 2.45) is 0 Å². The van der Waals surface area contributed by atoms with Gasteiger partial charge >= 0.3 is 6.18 Å². The second kappa shape index (κ2) is 7.77. The fourth-order valence-electron chi connectivity index (χ4n) is 3.76. The second-order valence-electron chi connectivity index (χ2n) is 7.58. The van der Waals surface area contributed by atoms with Crippen molar-refractivity contribution in [1.29, 1.82) is 0 Å². The first-order valence-corrected chi connectivity index (χ1v) is 10.3. The molecule has 0 aliphatic heterocycles. The number of rotatable bonds is 4. The number of carbonyl (C=O) groups excluding carboxylic acids is 1. The summed E-state index contributed by atoms with van der Waals surface area (Å²) in [4.78, 5) is 24.5. The molecule has 0 saturated heterocycles. The monoisotopic (exact) mass is 449 g/mol. The quantitative estimate of drug-likeness (QED) is 0.369. The summed E-state index contributed by atoms with van der Waals surface area (Å²) < 4.78 is 41.0. The van der Waals surface area contributed by atoms with E-state index in [0.717, 1.165) is 24.2 Å². The van der Waals surface area contributed by atoms with E-state index in [4.69, 9.17) is 0 Å². The van der Waals surface area contributed by atoms with Crippen LogP contribution in [-0.4, -0.2) is 25.3 Å². The molecule has 0 unspecified atom stereocenters. The number of imidazole rings is 2. The Hall–Kier alpha value is -4.14. The van der Waals surface area contributed by atoms with Gasteiger partial charge in [0.15, 0.2) is 0 Å². The maximum atomic E-state index is 13.0. The summed E-state index contributed by atoms with van der Waals surface area (Å²) in [5.74, 6) is -0.193. The number of aryl methyl sites for hydroxylation is 1. The summed E-state index contributed by atoms with van der Waals surface area (Å²) in [6.45, 7) is 2.02. The van der Waals surface area contributed by atoms with Gasteiger partial charge in [-0.2, -0.15) is 13.2 Å². The second-order valence-corrected chi connectivity index (χ2v) is 7.58. The number of hydrogen-bond donors (Lipinski definition) is 2. The number of anilines is 1. The molecule has 0 radical (unpaired) electrons. The predicted molar refractivity (Wildman–Crippen MR) is 119 cm³/mol. The van der Waals surface area contributed by atoms with Crippen LogP contribution in [0.1, 0.15) is 28.7 Å². The maximum absolute atomic E-state index is 13.0. The molecule has 0 bridgehead atoms. The van der Waals surface area contributed by atoms with Gasteiger partial charge in [-0.3, -0.25) is 10.1 Å². The van der Waals surface area contributed by atoms with Gasteiger partial charge < -0.3 is 9.38 Å². The Morgan fingerprint density at radius 1 is 1.03 bits per heavy atom. The van der Waals surface area contributed by atoms with E-state index in [1.165, 1.54) is 6.07 Å². The summed E-state index contributed by atoms with van der Waals surface area (Å²) in [5.41, 5.74) is 3.44. The first-order chi connectivity index (χ1) is 15.8. The van der Waals surface area contributed by atoms with Gasteiger partial charge in [-0.15, -0.1) is 0 Å². The summed E-state index contributed by atoms with van der Waals surface area (Å²) in [7, 11) is 0. The number of amides is 1. The van der Waals surface area contributed by atoms with Gasteiger partial charge in [0, 0.05) is 11.9 Å². The Kier molecular flexibility index (Phi) is 4.88. The van der Waals surface area contributed by atoms with Gasteiger partial charge in [0.2, 0.25) is 5.95 Å². The molecule has 33 heavy (non-hydrogen) atoms. The zero-order valence-corrected chi connectivity index (χ0v) is 17.4. The van der Waals surface area contributed by atoms with E-state index in [0.29, 0.717) is 27.8 Å². The highest BCUT2D eigenvalue weighted by molar-refractivity contribution is 6.03. The molecule has 6 nitrogen and oxygen atoms in total. The number of carbonyl (C=O) groups is 1. The molecule has 2 N–H and O–H groups in total. The number of benzene rings is 2. The third kappa shape index (κ3) is 3.93. The zero-order chi connectivity index (χ0) is 23.2. The van der Waals surface area contributed by atoms with Crippen molar-refractivity contribution in [2.75, 3.05) is 5.32 Å². The van der Waals surface area contributed by atoms with Crippen LogP contribution in [0.25, 0.3) is 27.8 Å². The lowest BCUT2D eigenvalue weighted by Crippen LogP contribution is -2.13. The van der Waals surface area contributed by atoms with Crippen LogP contribution in [0.5, 0.6) is 0 Å². The zero-order valence-electron chi connectivity index (χ0n) is 17.4. The molecule has 0 spiro atoms. The number of alkyl halides is 3. The number of aromatic amines is 1. The van der Waals surface area contributed by atoms with Gasteiger partial charge in [-0.05, 0) is 53.9 Å². The number of halogens is 3. The first kappa shape index (κ1) is 20.7. The minimum absolute atomic E-state index is 0.226. The SMILES string of the molecule is CCc1cccc2nc(C(=O)Nc3nc4ccc(-c5cccc(C(F)(F)F)c5)cc4[nH]3)cn12. The number of aromatic nitrogens is 4. The summed E-state index contributed by atoms with van der Waals surface area (Å²) in [5, 5.41) is 2.70. The Labute approximate surface area is 186 Å². The molecule has 3 heterocycles. The Morgan fingerprint density at radius 2 is 1.82 bits per heavy atom. The summed E-state index contributed by atoms with van der Waals surface area (Å²) in [6.07, 6.45) is -1.94. The molecular weight excluding hydrogens is 431 g/mol. The van der Waals surface area contributed by atoms with E-state index >= 15 is 0 Å². The van der Waals surface area contributed by atoms with Crippen molar-refractivity contribution in [3.05, 3.63) is 83.8 Å². The van der Waals surface area contributed by atoms with Crippen LogP contribution in [0.15, 0.2) is 66.9 Å². The van der Waals surface area contributed by atoms with Crippen molar-refractivity contribution in [3.63, 3.8) is 0 Å². The molecule has 5 aromatic rings. The van der Waals surface area contributed by atoms with Gasteiger partial charge in [-0.1, -0.05) is 31.2 Å². The smallest absolute Gasteiger partial charge is 0.324 e. The highest BCUT2D eigenvalue weighted by atomic mass is 19.4. The molecule has 0 saturated carbocycles. The fraction of sp³-hybridized carbons (Fsp3) is 0.125. The van der Waals surface area contributed by atoms with Crippen LogP contribution >= 0.6 is 0 Å². The minimum Gasteiger partial charge on any atom is -0.324 e. The Balaban J connectivity index is 1.42. The van der Waals surface area contributed by atoms with E-state index in [9.17, 15) is 18.0 Å². The molecule has 0 aliphatic carbocycles. The number of nitrogens with one attached hydrogen (secondary N) is 2. The van der Waals surface area contributed by atoms with Crippen LogP contribution in [0, 0.1) is 0 Å². The third-order valence-corrected chi connectivity index (χ3v) is 5.41. The van der Waals surface area contributed by atoms with Crippen LogP contribution < -0.4 is 5.32 Å². The van der Waals surface area contributed by atoms with Crippen LogP contribution in [0.3, 0.4) is 0 Å². The van der Waals surface area contributed by atoms with Crippen molar-refractivity contribution in [1.82, 2.24) is 19.4 Å². The number of pyridine rings is 1. The number of nitrogens with zero attached hydrogens (tertiary/aromatic N) is 3. The Morgan fingerprint density at radius 3 is 2.61 bits per heavy atom. The molecule has 5 rings (SSSR count). The largest absolute Gasteiger partial charge is 0.416 e. The molecule has 9 heteroatoms. The predicted octanol–water partition coefficient (Wildman–Crippen LogP) is 5.71. The molecule has 0 atom stereocenters. The molecule has 0 fully saturated rings. The standard InChI is InChI=1S/C24H18F3N5O/c1-2-17-7-4-8-21-28-20(13-32(17)21)22(33)31-23-29-18-10-9-15(12-19(18)30-23)14-5-3-6-16(11-14)24(25,26)27/h3-13H,2H2,1H3,(H2,29,30,31,33). The van der Waals surface area contributed by atoms with E-state index in [2.05, 4.69) is 20.3 Å².